The van der Waals surface area contributed by atoms with Gasteiger partial charge in [-0.25, -0.2) is 19.6 Å². The minimum atomic E-state index is -0.704. The highest BCUT2D eigenvalue weighted by Crippen LogP contribution is 2.34. The van der Waals surface area contributed by atoms with Gasteiger partial charge in [0.25, 0.3) is 0 Å². The molecule has 12 nitrogen and oxygen atoms in total. The lowest BCUT2D eigenvalue weighted by molar-refractivity contribution is -0.0766. The Morgan fingerprint density at radius 2 is 1.47 bits per heavy atom. The molecule has 0 saturated carbocycles. The monoisotopic (exact) mass is 842 g/mol. The molecule has 0 aliphatic heterocycles. The fraction of sp³-hybridized carbons (Fsp3) is 0.400. The number of nitrogens with zero attached hydrogens (tertiary/aromatic N) is 2. The van der Waals surface area contributed by atoms with E-state index in [1.54, 1.807) is 39.6 Å². The van der Waals surface area contributed by atoms with Gasteiger partial charge in [0.15, 0.2) is 23.2 Å². The van der Waals surface area contributed by atoms with Gasteiger partial charge in [0.2, 0.25) is 0 Å². The Bertz CT molecular complexity index is 1760. The van der Waals surface area contributed by atoms with Crippen LogP contribution in [0, 0.1) is 17.3 Å². The lowest BCUT2D eigenvalue weighted by atomic mass is 9.78. The molecule has 0 fully saturated rings. The van der Waals surface area contributed by atoms with E-state index in [1.807, 2.05) is 73.4 Å². The van der Waals surface area contributed by atoms with Gasteiger partial charge in [0.1, 0.15) is 24.4 Å². The second-order valence-electron chi connectivity index (χ2n) is 12.1. The van der Waals surface area contributed by atoms with Crippen LogP contribution in [0.5, 0.6) is 5.75 Å². The van der Waals surface area contributed by atoms with Crippen molar-refractivity contribution in [1.29, 1.82) is 0 Å². The first-order chi connectivity index (χ1) is 25.6. The van der Waals surface area contributed by atoms with Crippen LogP contribution in [0.3, 0.4) is 0 Å². The second-order valence-corrected chi connectivity index (χ2v) is 12.8. The number of hydrogen-bond acceptors (Lipinski definition) is 12. The standard InChI is InChI=1S/C40H47IN2O10/c1-8-14-34(50-25-28-17-19-29(46-4)20-18-28)40(2,3)35(53-39(45)33-27-52-37(43-33)24-31(48-6)21-22-41)16-13-11-9-10-12-15-30(47-5)23-36-42-32(26-51-36)38(44)49-7/h8,11-15,17-22,26-27,30-31,34-35H,16,23-25H2,1-7H3/b13-11+,14-8+,15-12+,22-21+/t30-,31-,34-,35-/m0/s1. The Hall–Kier alpha value is -4.49. The summed E-state index contributed by atoms with van der Waals surface area (Å²) < 4.78 is 46.2. The van der Waals surface area contributed by atoms with E-state index in [1.165, 1.54) is 19.6 Å². The molecule has 3 rings (SSSR count). The van der Waals surface area contributed by atoms with Crippen molar-refractivity contribution in [3.8, 4) is 17.6 Å². The summed E-state index contributed by atoms with van der Waals surface area (Å²) in [5.74, 6) is 6.18. The Labute approximate surface area is 324 Å². The molecule has 0 bridgehead atoms. The highest BCUT2D eigenvalue weighted by Gasteiger charge is 2.39. The summed E-state index contributed by atoms with van der Waals surface area (Å²) in [5, 5.41) is 0. The maximum absolute atomic E-state index is 13.5. The van der Waals surface area contributed by atoms with Gasteiger partial charge < -0.3 is 37.3 Å². The molecule has 1 aromatic carbocycles. The molecule has 0 saturated heterocycles. The fourth-order valence-electron chi connectivity index (χ4n) is 4.97. The maximum atomic E-state index is 13.5. The normalized spacial score (nSPS) is 14.3. The van der Waals surface area contributed by atoms with Gasteiger partial charge in [0, 0.05) is 26.1 Å². The summed E-state index contributed by atoms with van der Waals surface area (Å²) >= 11 is 2.11. The first kappa shape index (κ1) is 42.9. The number of hydrogen-bond donors (Lipinski definition) is 0. The zero-order valence-electron chi connectivity index (χ0n) is 31.1. The van der Waals surface area contributed by atoms with Crippen LogP contribution in [0.25, 0.3) is 0 Å². The van der Waals surface area contributed by atoms with E-state index >= 15 is 0 Å². The molecular weight excluding hydrogens is 795 g/mol. The number of aromatic nitrogens is 2. The SMILES string of the molecule is C/C=C/[C@H](OCc1ccc(OC)cc1)C(C)(C)[C@H](C/C=C/C#C/C=C/[C@@H](Cc1nc(C(=O)OC)co1)OC)OC(=O)c1coc(C[C@H](/C=C/I)OC)n1. The topological polar surface area (TPSA) is 142 Å². The molecule has 0 radical (unpaired) electrons. The van der Waals surface area contributed by atoms with E-state index in [9.17, 15) is 9.59 Å². The molecule has 2 aromatic heterocycles. The van der Waals surface area contributed by atoms with Gasteiger partial charge in [-0.1, -0.05) is 78.6 Å². The van der Waals surface area contributed by atoms with Crippen LogP contribution < -0.4 is 4.74 Å². The minimum Gasteiger partial charge on any atom is -0.497 e. The van der Waals surface area contributed by atoms with Gasteiger partial charge in [-0.2, -0.15) is 0 Å². The number of ether oxygens (including phenoxy) is 6. The third kappa shape index (κ3) is 13.8. The summed E-state index contributed by atoms with van der Waals surface area (Å²) in [6.45, 7) is 6.24. The third-order valence-corrected chi connectivity index (χ3v) is 8.56. The maximum Gasteiger partial charge on any atom is 0.360 e. The number of oxazole rings is 2. The molecule has 0 aliphatic carbocycles. The van der Waals surface area contributed by atoms with Gasteiger partial charge >= 0.3 is 11.9 Å². The molecule has 2 heterocycles. The number of esters is 2. The predicted molar refractivity (Wildman–Crippen MR) is 207 cm³/mol. The Morgan fingerprint density at radius 3 is 2.04 bits per heavy atom. The zero-order valence-corrected chi connectivity index (χ0v) is 33.2. The molecule has 284 valence electrons. The Balaban J connectivity index is 1.76. The summed E-state index contributed by atoms with van der Waals surface area (Å²) in [7, 11) is 6.05. The molecular formula is C40H47IN2O10. The first-order valence-electron chi connectivity index (χ1n) is 16.8. The van der Waals surface area contributed by atoms with E-state index < -0.39 is 29.6 Å². The van der Waals surface area contributed by atoms with Crippen molar-refractivity contribution in [1.82, 2.24) is 9.97 Å². The van der Waals surface area contributed by atoms with Crippen molar-refractivity contribution < 1.29 is 46.8 Å². The van der Waals surface area contributed by atoms with Crippen LogP contribution in [0.15, 0.2) is 92.2 Å². The van der Waals surface area contributed by atoms with Crippen molar-refractivity contribution in [2.45, 2.75) is 71.1 Å². The lowest BCUT2D eigenvalue weighted by Crippen LogP contribution is -2.43. The first-order valence-corrected chi connectivity index (χ1v) is 18.0. The van der Waals surface area contributed by atoms with Crippen molar-refractivity contribution in [2.75, 3.05) is 28.4 Å². The van der Waals surface area contributed by atoms with E-state index in [0.29, 0.717) is 37.7 Å². The lowest BCUT2D eigenvalue weighted by Gasteiger charge is -2.38. The fourth-order valence-corrected chi connectivity index (χ4v) is 5.43. The number of allylic oxidation sites excluding steroid dienone is 3. The summed E-state index contributed by atoms with van der Waals surface area (Å²) in [5.41, 5.74) is 0.412. The number of benzene rings is 1. The van der Waals surface area contributed by atoms with E-state index in [4.69, 9.17) is 32.5 Å². The summed E-state index contributed by atoms with van der Waals surface area (Å²) in [4.78, 5) is 33.6. The van der Waals surface area contributed by atoms with Crippen LogP contribution in [-0.2, 0) is 43.1 Å². The van der Waals surface area contributed by atoms with Crippen LogP contribution in [-0.4, -0.2) is 74.8 Å². The molecule has 53 heavy (non-hydrogen) atoms. The average Bonchev–Trinajstić information content (AvgIpc) is 3.84. The predicted octanol–water partition coefficient (Wildman–Crippen LogP) is 7.44. The zero-order chi connectivity index (χ0) is 38.6. The number of methoxy groups -OCH3 is 4. The molecule has 0 spiro atoms. The summed E-state index contributed by atoms with van der Waals surface area (Å²) in [6.07, 6.45) is 14.5. The highest BCUT2D eigenvalue weighted by molar-refractivity contribution is 14.1. The van der Waals surface area contributed by atoms with E-state index in [0.717, 1.165) is 11.3 Å². The number of rotatable bonds is 20. The van der Waals surface area contributed by atoms with Gasteiger partial charge in [-0.3, -0.25) is 0 Å². The smallest absolute Gasteiger partial charge is 0.360 e. The Kier molecular flexibility index (Phi) is 18.3. The molecule has 4 atom stereocenters. The second kappa shape index (κ2) is 22.5. The van der Waals surface area contributed by atoms with Crippen molar-refractivity contribution in [2.24, 2.45) is 5.41 Å². The van der Waals surface area contributed by atoms with Crippen molar-refractivity contribution >= 4 is 34.5 Å². The van der Waals surface area contributed by atoms with Gasteiger partial charge in [0.05, 0.1) is 52.0 Å². The number of halogens is 1. The average molecular weight is 843 g/mol. The van der Waals surface area contributed by atoms with E-state index in [-0.39, 0.29) is 23.6 Å². The largest absolute Gasteiger partial charge is 0.497 e. The third-order valence-electron chi connectivity index (χ3n) is 8.15. The van der Waals surface area contributed by atoms with Crippen molar-refractivity contribution in [3.05, 3.63) is 112 Å². The van der Waals surface area contributed by atoms with Crippen LogP contribution in [0.4, 0.5) is 0 Å². The number of carbonyl (C=O) groups is 2. The van der Waals surface area contributed by atoms with Crippen molar-refractivity contribution in [3.63, 3.8) is 0 Å². The molecule has 0 unspecified atom stereocenters. The molecule has 0 aliphatic rings. The molecule has 0 amide bonds. The van der Waals surface area contributed by atoms with Crippen LogP contribution >= 0.6 is 22.6 Å². The van der Waals surface area contributed by atoms with Gasteiger partial charge in [-0.15, -0.1) is 0 Å². The summed E-state index contributed by atoms with van der Waals surface area (Å²) in [6, 6.07) is 7.66. The van der Waals surface area contributed by atoms with Crippen LogP contribution in [0.1, 0.15) is 65.5 Å². The van der Waals surface area contributed by atoms with Crippen LogP contribution in [0.2, 0.25) is 0 Å². The van der Waals surface area contributed by atoms with Gasteiger partial charge in [-0.05, 0) is 53.0 Å². The minimum absolute atomic E-state index is 0.0590. The number of carbonyl (C=O) groups excluding carboxylic acids is 2. The van der Waals surface area contributed by atoms with E-state index in [2.05, 4.69) is 49.1 Å². The molecule has 13 heteroatoms. The quantitative estimate of drug-likeness (QED) is 0.0483. The Morgan fingerprint density at radius 1 is 0.868 bits per heavy atom. The highest BCUT2D eigenvalue weighted by atomic mass is 127. The molecule has 0 N–H and O–H groups in total. The molecule has 3 aromatic rings.